The molecule has 0 saturated heterocycles. The van der Waals surface area contributed by atoms with Crippen LogP contribution in [-0.4, -0.2) is 13.0 Å². The molecule has 0 bridgehead atoms. The summed E-state index contributed by atoms with van der Waals surface area (Å²) in [7, 11) is 1.62. The molecule has 2 aliphatic heterocycles. The molecule has 3 nitrogen and oxygen atoms in total. The fraction of sp³-hybridized carbons (Fsp3) is 0. The van der Waals surface area contributed by atoms with E-state index in [1.807, 2.05) is 0 Å². The summed E-state index contributed by atoms with van der Waals surface area (Å²) < 4.78 is 23.7. The van der Waals surface area contributed by atoms with Crippen LogP contribution in [-0.2, 0) is 9.05 Å². The zero-order valence-electron chi connectivity index (χ0n) is 6.66. The van der Waals surface area contributed by atoms with Gasteiger partial charge in [0.2, 0.25) is 0 Å². The quantitative estimate of drug-likeness (QED) is 0.620. The van der Waals surface area contributed by atoms with Crippen molar-refractivity contribution in [3.63, 3.8) is 0 Å². The summed E-state index contributed by atoms with van der Waals surface area (Å²) in [5.74, 6) is 0. The summed E-state index contributed by atoms with van der Waals surface area (Å²) in [6.45, 7) is 0. The second kappa shape index (κ2) is 2.27. The highest BCUT2D eigenvalue weighted by Crippen LogP contribution is 2.49. The highest BCUT2D eigenvalue weighted by Gasteiger charge is 2.40. The first-order valence-corrected chi connectivity index (χ1v) is 6.48. The Bertz CT molecular complexity index is 672. The Kier molecular flexibility index (Phi) is 1.39. The van der Waals surface area contributed by atoms with Crippen LogP contribution in [0.3, 0.4) is 0 Å². The molecule has 0 fully saturated rings. The third-order valence-electron chi connectivity index (χ3n) is 2.26. The Labute approximate surface area is 89.3 Å². The Balaban J connectivity index is 2.37. The monoisotopic (exact) mass is 247 g/mol. The van der Waals surface area contributed by atoms with Crippen molar-refractivity contribution in [1.82, 2.24) is 4.57 Å². The Morgan fingerprint density at radius 3 is 2.64 bits per heavy atom. The SMILES string of the molecule is O=S(=O)(Cl)c1c2c3cc(Cl)ccc3n1-2. The molecule has 1 aromatic carbocycles. The van der Waals surface area contributed by atoms with Crippen LogP contribution in [0.15, 0.2) is 23.2 Å². The topological polar surface area (TPSA) is 39.1 Å². The van der Waals surface area contributed by atoms with Crippen LogP contribution in [0.1, 0.15) is 0 Å². The number of halogens is 2. The van der Waals surface area contributed by atoms with Gasteiger partial charge in [0, 0.05) is 21.1 Å². The lowest BCUT2D eigenvalue weighted by Gasteiger charge is -2.03. The van der Waals surface area contributed by atoms with E-state index in [2.05, 4.69) is 0 Å². The van der Waals surface area contributed by atoms with E-state index in [4.69, 9.17) is 22.3 Å². The third-order valence-corrected chi connectivity index (χ3v) is 3.78. The molecule has 2 aliphatic rings. The maximum absolute atomic E-state index is 11.0. The van der Waals surface area contributed by atoms with E-state index < -0.39 is 9.05 Å². The molecule has 6 heteroatoms. The Morgan fingerprint density at radius 1 is 1.29 bits per heavy atom. The van der Waals surface area contributed by atoms with Crippen molar-refractivity contribution >= 4 is 42.2 Å². The molecular weight excluding hydrogens is 245 g/mol. The highest BCUT2D eigenvalue weighted by atomic mass is 35.7. The summed E-state index contributed by atoms with van der Waals surface area (Å²) in [5, 5.41) is 1.64. The molecule has 72 valence electrons. The molecule has 14 heavy (non-hydrogen) atoms. The maximum Gasteiger partial charge on any atom is 0.279 e. The van der Waals surface area contributed by atoms with Gasteiger partial charge >= 0.3 is 0 Å². The number of aromatic nitrogens is 1. The van der Waals surface area contributed by atoms with Gasteiger partial charge < -0.3 is 0 Å². The van der Waals surface area contributed by atoms with Gasteiger partial charge in [-0.25, -0.2) is 8.42 Å². The normalized spacial score (nSPS) is 13.6. The van der Waals surface area contributed by atoms with Crippen LogP contribution in [0, 0.1) is 0 Å². The number of nitrogens with zero attached hydrogens (tertiary/aromatic N) is 1. The molecule has 0 N–H and O–H groups in total. The molecule has 0 atom stereocenters. The minimum absolute atomic E-state index is 0.191. The second-order valence-electron chi connectivity index (χ2n) is 3.09. The second-order valence-corrected chi connectivity index (χ2v) is 6.01. The van der Waals surface area contributed by atoms with E-state index >= 15 is 0 Å². The molecule has 0 aliphatic carbocycles. The lowest BCUT2D eigenvalue weighted by atomic mass is 10.2. The van der Waals surface area contributed by atoms with E-state index in [0.29, 0.717) is 10.7 Å². The Morgan fingerprint density at radius 2 is 2.00 bits per heavy atom. The van der Waals surface area contributed by atoms with E-state index in [0.717, 1.165) is 10.9 Å². The Hall–Kier alpha value is -0.710. The van der Waals surface area contributed by atoms with Crippen molar-refractivity contribution in [2.45, 2.75) is 5.03 Å². The number of benzene rings is 1. The van der Waals surface area contributed by atoms with Crippen molar-refractivity contribution in [3.05, 3.63) is 23.2 Å². The van der Waals surface area contributed by atoms with Gasteiger partial charge in [-0.3, -0.25) is 4.57 Å². The van der Waals surface area contributed by atoms with Crippen LogP contribution in [0.2, 0.25) is 5.02 Å². The van der Waals surface area contributed by atoms with Gasteiger partial charge in [0.05, 0.1) is 11.2 Å². The van der Waals surface area contributed by atoms with Crippen LogP contribution >= 0.6 is 22.3 Å². The molecule has 0 aromatic heterocycles. The smallest absolute Gasteiger partial charge is 0.279 e. The van der Waals surface area contributed by atoms with Gasteiger partial charge in [-0.2, -0.15) is 0 Å². The van der Waals surface area contributed by atoms with Crippen molar-refractivity contribution in [2.24, 2.45) is 0 Å². The third kappa shape index (κ3) is 0.908. The first kappa shape index (κ1) is 8.59. The van der Waals surface area contributed by atoms with Crippen LogP contribution in [0.5, 0.6) is 0 Å². The number of hydrogen-bond acceptors (Lipinski definition) is 2. The van der Waals surface area contributed by atoms with Crippen LogP contribution in [0.25, 0.3) is 16.6 Å². The minimum atomic E-state index is -3.61. The summed E-state index contributed by atoms with van der Waals surface area (Å²) in [4.78, 5) is 0. The summed E-state index contributed by atoms with van der Waals surface area (Å²) >= 11 is 5.77. The van der Waals surface area contributed by atoms with Crippen molar-refractivity contribution < 1.29 is 8.42 Å². The minimum Gasteiger partial charge on any atom is -0.294 e. The molecule has 3 rings (SSSR count). The predicted octanol–water partition coefficient (Wildman–Crippen LogP) is 2.52. The van der Waals surface area contributed by atoms with E-state index in [1.165, 1.54) is 0 Å². The molecular formula is C8H3Cl2NO2S. The first-order valence-electron chi connectivity index (χ1n) is 3.79. The van der Waals surface area contributed by atoms with Crippen LogP contribution in [0.4, 0.5) is 0 Å². The number of rotatable bonds is 1. The van der Waals surface area contributed by atoms with Crippen molar-refractivity contribution in [2.75, 3.05) is 0 Å². The summed E-state index contributed by atoms with van der Waals surface area (Å²) in [5.41, 5.74) is 1.53. The van der Waals surface area contributed by atoms with E-state index in [9.17, 15) is 8.42 Å². The zero-order chi connectivity index (χ0) is 10.1. The van der Waals surface area contributed by atoms with E-state index in [-0.39, 0.29) is 5.03 Å². The van der Waals surface area contributed by atoms with Gasteiger partial charge in [0.1, 0.15) is 0 Å². The highest BCUT2D eigenvalue weighted by molar-refractivity contribution is 8.14. The molecule has 0 unspecified atom stereocenters. The largest absolute Gasteiger partial charge is 0.294 e. The fourth-order valence-electron chi connectivity index (χ4n) is 1.68. The first-order chi connectivity index (χ1) is 6.50. The molecule has 2 heterocycles. The number of hydrogen-bond donors (Lipinski definition) is 0. The lowest BCUT2D eigenvalue weighted by Crippen LogP contribution is -1.87. The molecule has 0 saturated carbocycles. The van der Waals surface area contributed by atoms with Gasteiger partial charge in [-0.05, 0) is 18.2 Å². The standard InChI is InChI=1S/C8H3Cl2NO2S/c9-4-1-2-6-5(3-4)7-8(11(6)7)14(10,12)13/h1-3H. The average molecular weight is 248 g/mol. The van der Waals surface area contributed by atoms with Crippen molar-refractivity contribution in [3.8, 4) is 5.69 Å². The summed E-state index contributed by atoms with van der Waals surface area (Å²) in [6.07, 6.45) is 0. The molecule has 1 aromatic rings. The summed E-state index contributed by atoms with van der Waals surface area (Å²) in [6, 6.07) is 5.22. The molecule has 0 radical (unpaired) electrons. The van der Waals surface area contributed by atoms with Gasteiger partial charge in [-0.1, -0.05) is 11.6 Å². The van der Waals surface area contributed by atoms with Gasteiger partial charge in [0.25, 0.3) is 9.05 Å². The zero-order valence-corrected chi connectivity index (χ0v) is 8.99. The van der Waals surface area contributed by atoms with Gasteiger partial charge in [0.15, 0.2) is 5.03 Å². The fourth-order valence-corrected chi connectivity index (χ4v) is 3.07. The molecule has 0 amide bonds. The van der Waals surface area contributed by atoms with Gasteiger partial charge in [-0.15, -0.1) is 0 Å². The lowest BCUT2D eigenvalue weighted by molar-refractivity contribution is 0.610. The average Bonchev–Trinajstić information content (AvgIpc) is 2.71. The number of fused-ring (bicyclic) bond motifs is 4. The van der Waals surface area contributed by atoms with E-state index in [1.54, 1.807) is 22.8 Å². The van der Waals surface area contributed by atoms with Crippen molar-refractivity contribution in [1.29, 1.82) is 0 Å². The predicted molar refractivity (Wildman–Crippen MR) is 54.9 cm³/mol. The maximum atomic E-state index is 11.0. The van der Waals surface area contributed by atoms with Crippen LogP contribution < -0.4 is 0 Å². The molecule has 0 spiro atoms.